The fraction of sp³-hybridized carbons (Fsp3) is 0.579. The minimum absolute atomic E-state index is 0. The van der Waals surface area contributed by atoms with E-state index in [1.807, 2.05) is 34.1 Å². The summed E-state index contributed by atoms with van der Waals surface area (Å²) < 4.78 is 0. The van der Waals surface area contributed by atoms with Crippen LogP contribution in [0.15, 0.2) is 24.3 Å². The van der Waals surface area contributed by atoms with Gasteiger partial charge in [-0.25, -0.2) is 0 Å². The number of benzene rings is 1. The summed E-state index contributed by atoms with van der Waals surface area (Å²) >= 11 is 6.15. The first-order valence-electron chi connectivity index (χ1n) is 9.35. The molecular weight excluding hydrogens is 387 g/mol. The molecule has 0 bridgehead atoms. The van der Waals surface area contributed by atoms with Gasteiger partial charge in [0.2, 0.25) is 11.8 Å². The van der Waals surface area contributed by atoms with Crippen molar-refractivity contribution < 1.29 is 9.59 Å². The highest BCUT2D eigenvalue weighted by Gasteiger charge is 2.23. The van der Waals surface area contributed by atoms with Crippen molar-refractivity contribution in [3.05, 3.63) is 34.9 Å². The molecule has 27 heavy (non-hydrogen) atoms. The molecule has 0 spiro atoms. The van der Waals surface area contributed by atoms with Crippen molar-refractivity contribution in [2.75, 3.05) is 58.9 Å². The number of hydrogen-bond acceptors (Lipinski definition) is 4. The number of hydrogen-bond donors (Lipinski definition) is 1. The molecule has 6 nitrogen and oxygen atoms in total. The molecule has 2 aliphatic rings. The van der Waals surface area contributed by atoms with E-state index in [2.05, 4.69) is 10.2 Å². The van der Waals surface area contributed by atoms with Crippen LogP contribution in [0.2, 0.25) is 5.02 Å². The Bertz CT molecular complexity index is 630. The smallest absolute Gasteiger partial charge is 0.227 e. The maximum absolute atomic E-state index is 12.5. The molecule has 2 fully saturated rings. The average molecular weight is 415 g/mol. The van der Waals surface area contributed by atoms with Gasteiger partial charge in [-0.15, -0.1) is 12.4 Å². The van der Waals surface area contributed by atoms with E-state index in [0.29, 0.717) is 31.0 Å². The summed E-state index contributed by atoms with van der Waals surface area (Å²) in [6, 6.07) is 7.49. The summed E-state index contributed by atoms with van der Waals surface area (Å²) in [7, 11) is 0. The van der Waals surface area contributed by atoms with Crippen LogP contribution in [0, 0.1) is 0 Å². The van der Waals surface area contributed by atoms with Crippen molar-refractivity contribution in [1.29, 1.82) is 0 Å². The Morgan fingerprint density at radius 2 is 1.56 bits per heavy atom. The number of carbonyl (C=O) groups excluding carboxylic acids is 2. The Morgan fingerprint density at radius 1 is 0.926 bits per heavy atom. The van der Waals surface area contributed by atoms with Gasteiger partial charge in [-0.1, -0.05) is 29.8 Å². The van der Waals surface area contributed by atoms with E-state index >= 15 is 0 Å². The van der Waals surface area contributed by atoms with E-state index in [1.165, 1.54) is 0 Å². The normalized spacial score (nSPS) is 18.1. The van der Waals surface area contributed by atoms with Crippen LogP contribution in [0.1, 0.15) is 12.0 Å². The van der Waals surface area contributed by atoms with E-state index in [1.54, 1.807) is 0 Å². The van der Waals surface area contributed by atoms with Gasteiger partial charge >= 0.3 is 0 Å². The fourth-order valence-electron chi connectivity index (χ4n) is 3.46. The predicted octanol–water partition coefficient (Wildman–Crippen LogP) is 1.27. The van der Waals surface area contributed by atoms with Crippen LogP contribution >= 0.6 is 24.0 Å². The Kier molecular flexibility index (Phi) is 8.83. The molecule has 3 rings (SSSR count). The number of nitrogens with one attached hydrogen (secondary N) is 1. The molecule has 8 heteroatoms. The zero-order valence-corrected chi connectivity index (χ0v) is 17.1. The van der Waals surface area contributed by atoms with Gasteiger partial charge in [-0.05, 0) is 11.6 Å². The van der Waals surface area contributed by atoms with Crippen molar-refractivity contribution in [3.63, 3.8) is 0 Å². The predicted molar refractivity (Wildman–Crippen MR) is 109 cm³/mol. The van der Waals surface area contributed by atoms with Gasteiger partial charge in [-0.3, -0.25) is 14.5 Å². The molecule has 150 valence electrons. The largest absolute Gasteiger partial charge is 0.340 e. The summed E-state index contributed by atoms with van der Waals surface area (Å²) in [5.74, 6) is 0.360. The van der Waals surface area contributed by atoms with Crippen molar-refractivity contribution in [2.24, 2.45) is 0 Å². The van der Waals surface area contributed by atoms with Crippen LogP contribution in [-0.4, -0.2) is 85.4 Å². The minimum atomic E-state index is 0. The molecule has 2 aliphatic heterocycles. The van der Waals surface area contributed by atoms with Crippen molar-refractivity contribution in [3.8, 4) is 0 Å². The molecule has 1 aromatic rings. The lowest BCUT2D eigenvalue weighted by molar-refractivity contribution is -0.134. The number of halogens is 2. The molecule has 1 aromatic carbocycles. The lowest BCUT2D eigenvalue weighted by Crippen LogP contribution is -2.50. The van der Waals surface area contributed by atoms with Gasteiger partial charge in [0, 0.05) is 70.3 Å². The molecule has 2 saturated heterocycles. The molecule has 0 aliphatic carbocycles. The molecule has 2 heterocycles. The number of rotatable bonds is 5. The van der Waals surface area contributed by atoms with Crippen molar-refractivity contribution in [1.82, 2.24) is 20.0 Å². The van der Waals surface area contributed by atoms with E-state index in [-0.39, 0.29) is 24.2 Å². The highest BCUT2D eigenvalue weighted by Crippen LogP contribution is 2.17. The summed E-state index contributed by atoms with van der Waals surface area (Å²) in [5.41, 5.74) is 0.878. The maximum atomic E-state index is 12.5. The highest BCUT2D eigenvalue weighted by molar-refractivity contribution is 6.31. The van der Waals surface area contributed by atoms with E-state index in [9.17, 15) is 9.59 Å². The lowest BCUT2D eigenvalue weighted by atomic mass is 10.1. The molecule has 0 unspecified atom stereocenters. The first-order chi connectivity index (χ1) is 12.6. The summed E-state index contributed by atoms with van der Waals surface area (Å²) in [6.07, 6.45) is 0.911. The van der Waals surface area contributed by atoms with Crippen LogP contribution < -0.4 is 5.32 Å². The standard InChI is InChI=1S/C19H27ClN4O2.ClH/c20-17-4-2-1-3-16(17)15-19(26)24-13-11-22(12-14-24)8-5-18(25)23-9-6-21-7-10-23;/h1-4,21H,5-15H2;1H. The van der Waals surface area contributed by atoms with E-state index in [0.717, 1.165) is 51.4 Å². The summed E-state index contributed by atoms with van der Waals surface area (Å²) in [5, 5.41) is 3.91. The lowest BCUT2D eigenvalue weighted by Gasteiger charge is -2.35. The zero-order chi connectivity index (χ0) is 18.4. The van der Waals surface area contributed by atoms with Gasteiger partial charge in [0.1, 0.15) is 0 Å². The second-order valence-electron chi connectivity index (χ2n) is 6.87. The minimum Gasteiger partial charge on any atom is -0.340 e. The summed E-state index contributed by atoms with van der Waals surface area (Å²) in [4.78, 5) is 30.8. The Hall–Kier alpha value is -1.34. The van der Waals surface area contributed by atoms with Gasteiger partial charge in [0.25, 0.3) is 0 Å². The summed E-state index contributed by atoms with van der Waals surface area (Å²) in [6.45, 7) is 7.24. The van der Waals surface area contributed by atoms with Gasteiger partial charge in [0.15, 0.2) is 0 Å². The van der Waals surface area contributed by atoms with Crippen LogP contribution in [0.5, 0.6) is 0 Å². The third kappa shape index (κ3) is 6.35. The Labute approximate surface area is 172 Å². The van der Waals surface area contributed by atoms with Gasteiger partial charge in [0.05, 0.1) is 6.42 Å². The third-order valence-corrected chi connectivity index (χ3v) is 5.50. The third-order valence-electron chi connectivity index (χ3n) is 5.14. The van der Waals surface area contributed by atoms with Crippen LogP contribution in [0.25, 0.3) is 0 Å². The van der Waals surface area contributed by atoms with Crippen LogP contribution in [0.3, 0.4) is 0 Å². The molecule has 2 amide bonds. The number of nitrogens with zero attached hydrogens (tertiary/aromatic N) is 3. The highest BCUT2D eigenvalue weighted by atomic mass is 35.5. The quantitative estimate of drug-likeness (QED) is 0.787. The molecular formula is C19H28Cl2N4O2. The maximum Gasteiger partial charge on any atom is 0.227 e. The Balaban J connectivity index is 0.00000261. The topological polar surface area (TPSA) is 55.9 Å². The average Bonchev–Trinajstić information content (AvgIpc) is 2.69. The number of carbonyl (C=O) groups is 2. The van der Waals surface area contributed by atoms with Crippen LogP contribution in [0.4, 0.5) is 0 Å². The number of piperazine rings is 2. The fourth-order valence-corrected chi connectivity index (χ4v) is 3.67. The second kappa shape index (κ2) is 10.9. The first-order valence-corrected chi connectivity index (χ1v) is 9.73. The van der Waals surface area contributed by atoms with Crippen LogP contribution in [-0.2, 0) is 16.0 Å². The van der Waals surface area contributed by atoms with Gasteiger partial charge in [-0.2, -0.15) is 0 Å². The SMILES string of the molecule is Cl.O=C(CCN1CCN(C(=O)Cc2ccccc2Cl)CC1)N1CCNCC1. The molecule has 0 aromatic heterocycles. The molecule has 0 saturated carbocycles. The number of amides is 2. The van der Waals surface area contributed by atoms with E-state index < -0.39 is 0 Å². The molecule has 0 atom stereocenters. The Morgan fingerprint density at radius 3 is 2.22 bits per heavy atom. The van der Waals surface area contributed by atoms with Gasteiger partial charge < -0.3 is 15.1 Å². The van der Waals surface area contributed by atoms with Crippen molar-refractivity contribution in [2.45, 2.75) is 12.8 Å². The van der Waals surface area contributed by atoms with Crippen molar-refractivity contribution >= 4 is 35.8 Å². The second-order valence-corrected chi connectivity index (χ2v) is 7.28. The van der Waals surface area contributed by atoms with E-state index in [4.69, 9.17) is 11.6 Å². The molecule has 0 radical (unpaired) electrons. The first kappa shape index (κ1) is 22.0. The zero-order valence-electron chi connectivity index (χ0n) is 15.5. The molecule has 1 N–H and O–H groups in total. The monoisotopic (exact) mass is 414 g/mol.